The summed E-state index contributed by atoms with van der Waals surface area (Å²) in [5.74, 6) is 0.814. The smallest absolute Gasteiger partial charge is 0.144 e. The van der Waals surface area contributed by atoms with Crippen molar-refractivity contribution in [3.63, 3.8) is 0 Å². The van der Waals surface area contributed by atoms with E-state index in [1.54, 1.807) is 0 Å². The van der Waals surface area contributed by atoms with Crippen molar-refractivity contribution in [3.8, 4) is 5.75 Å². The molecule has 0 radical (unpaired) electrons. The second kappa shape index (κ2) is 5.29. The lowest BCUT2D eigenvalue weighted by Crippen LogP contribution is -2.50. The zero-order valence-corrected chi connectivity index (χ0v) is 11.6. The minimum absolute atomic E-state index is 0.657. The zero-order valence-electron chi connectivity index (χ0n) is 11.6. The van der Waals surface area contributed by atoms with E-state index in [1.165, 1.54) is 31.6 Å². The van der Waals surface area contributed by atoms with Gasteiger partial charge in [-0.15, -0.1) is 0 Å². The molecule has 1 aromatic rings. The van der Waals surface area contributed by atoms with Crippen molar-refractivity contribution < 1.29 is 4.74 Å². The number of piperazine rings is 1. The van der Waals surface area contributed by atoms with Crippen molar-refractivity contribution in [1.82, 2.24) is 4.90 Å². The molecule has 0 spiro atoms. The van der Waals surface area contributed by atoms with Crippen LogP contribution >= 0.6 is 0 Å². The van der Waals surface area contributed by atoms with Gasteiger partial charge in [0.05, 0.1) is 12.3 Å². The summed E-state index contributed by atoms with van der Waals surface area (Å²) in [7, 11) is 0. The number of rotatable bonds is 3. The Balaban J connectivity index is 1.76. The molecule has 4 nitrogen and oxygen atoms in total. The number of nitrogens with zero attached hydrogens (tertiary/aromatic N) is 2. The molecule has 2 heterocycles. The van der Waals surface area contributed by atoms with Crippen LogP contribution in [0.15, 0.2) is 18.2 Å². The van der Waals surface area contributed by atoms with Crippen molar-refractivity contribution in [1.29, 1.82) is 0 Å². The Morgan fingerprint density at radius 2 is 2.21 bits per heavy atom. The number of hydrogen-bond donors (Lipinski definition) is 1. The minimum atomic E-state index is 0.657. The molecule has 2 fully saturated rings. The van der Waals surface area contributed by atoms with Gasteiger partial charge >= 0.3 is 0 Å². The van der Waals surface area contributed by atoms with Crippen molar-refractivity contribution in [3.05, 3.63) is 18.2 Å². The van der Waals surface area contributed by atoms with E-state index in [2.05, 4.69) is 21.9 Å². The number of fused-ring (bicyclic) bond motifs is 1. The number of nitrogen functional groups attached to an aromatic ring is 1. The molecular weight excluding hydrogens is 238 g/mol. The molecule has 1 atom stereocenters. The molecule has 0 amide bonds. The fourth-order valence-corrected chi connectivity index (χ4v) is 3.23. The molecule has 0 unspecified atom stereocenters. The molecular formula is C15H23N3O. The van der Waals surface area contributed by atoms with E-state index in [-0.39, 0.29) is 0 Å². The lowest BCUT2D eigenvalue weighted by atomic mass is 10.1. The Morgan fingerprint density at radius 1 is 1.32 bits per heavy atom. The van der Waals surface area contributed by atoms with Gasteiger partial charge in [0.25, 0.3) is 0 Å². The van der Waals surface area contributed by atoms with Gasteiger partial charge < -0.3 is 15.4 Å². The van der Waals surface area contributed by atoms with Crippen LogP contribution in [0.5, 0.6) is 5.75 Å². The molecule has 104 valence electrons. The molecule has 0 aliphatic carbocycles. The summed E-state index contributed by atoms with van der Waals surface area (Å²) in [4.78, 5) is 5.09. The molecule has 2 N–H and O–H groups in total. The second-order valence-corrected chi connectivity index (χ2v) is 5.43. The van der Waals surface area contributed by atoms with E-state index in [0.717, 1.165) is 30.6 Å². The average molecular weight is 261 g/mol. The van der Waals surface area contributed by atoms with E-state index in [1.807, 2.05) is 13.0 Å². The predicted octanol–water partition coefficient (Wildman–Crippen LogP) is 1.95. The van der Waals surface area contributed by atoms with Gasteiger partial charge in [-0.2, -0.15) is 0 Å². The highest BCUT2D eigenvalue weighted by Gasteiger charge is 2.30. The average Bonchev–Trinajstić information content (AvgIpc) is 2.89. The molecule has 0 bridgehead atoms. The first kappa shape index (κ1) is 12.6. The monoisotopic (exact) mass is 261 g/mol. The summed E-state index contributed by atoms with van der Waals surface area (Å²) >= 11 is 0. The summed E-state index contributed by atoms with van der Waals surface area (Å²) < 4.78 is 5.59. The van der Waals surface area contributed by atoms with Gasteiger partial charge in [0.1, 0.15) is 5.75 Å². The second-order valence-electron chi connectivity index (χ2n) is 5.43. The number of anilines is 2. The van der Waals surface area contributed by atoms with Crippen LogP contribution in [0.1, 0.15) is 19.8 Å². The Bertz CT molecular complexity index is 449. The molecule has 4 heteroatoms. The first-order valence-electron chi connectivity index (χ1n) is 7.29. The van der Waals surface area contributed by atoms with Crippen molar-refractivity contribution >= 4 is 11.4 Å². The zero-order chi connectivity index (χ0) is 13.2. The van der Waals surface area contributed by atoms with Crippen LogP contribution in [0.25, 0.3) is 0 Å². The first-order valence-corrected chi connectivity index (χ1v) is 7.29. The Labute approximate surface area is 115 Å². The number of hydrogen-bond acceptors (Lipinski definition) is 4. The van der Waals surface area contributed by atoms with E-state index >= 15 is 0 Å². The van der Waals surface area contributed by atoms with Crippen LogP contribution in [-0.4, -0.2) is 43.7 Å². The van der Waals surface area contributed by atoms with Crippen LogP contribution in [-0.2, 0) is 0 Å². The van der Waals surface area contributed by atoms with Crippen molar-refractivity contribution in [2.24, 2.45) is 0 Å². The quantitative estimate of drug-likeness (QED) is 0.845. The van der Waals surface area contributed by atoms with Crippen molar-refractivity contribution in [2.75, 3.05) is 43.4 Å². The topological polar surface area (TPSA) is 41.7 Å². The van der Waals surface area contributed by atoms with Crippen LogP contribution in [0, 0.1) is 0 Å². The highest BCUT2D eigenvalue weighted by Crippen LogP contribution is 2.30. The van der Waals surface area contributed by atoms with E-state index in [4.69, 9.17) is 10.5 Å². The maximum absolute atomic E-state index is 5.94. The lowest BCUT2D eigenvalue weighted by molar-refractivity contribution is 0.231. The fourth-order valence-electron chi connectivity index (χ4n) is 3.23. The maximum atomic E-state index is 5.94. The van der Waals surface area contributed by atoms with E-state index < -0.39 is 0 Å². The molecule has 3 rings (SSSR count). The van der Waals surface area contributed by atoms with Crippen molar-refractivity contribution in [2.45, 2.75) is 25.8 Å². The summed E-state index contributed by atoms with van der Waals surface area (Å²) in [5.41, 5.74) is 7.91. The highest BCUT2D eigenvalue weighted by atomic mass is 16.5. The molecule has 2 aliphatic rings. The Hall–Kier alpha value is -1.42. The van der Waals surface area contributed by atoms with Crippen LogP contribution in [0.3, 0.4) is 0 Å². The standard InChI is InChI=1S/C15H23N3O/c1-2-19-15-10-12(5-6-14(15)16)18-9-8-17-7-3-4-13(17)11-18/h5-6,10,13H,2-4,7-9,11,16H2,1H3/t13-/m1/s1. The van der Waals surface area contributed by atoms with Crippen LogP contribution in [0.4, 0.5) is 11.4 Å². The summed E-state index contributed by atoms with van der Waals surface area (Å²) in [5, 5.41) is 0. The largest absolute Gasteiger partial charge is 0.492 e. The normalized spacial score (nSPS) is 23.4. The Morgan fingerprint density at radius 3 is 3.05 bits per heavy atom. The van der Waals surface area contributed by atoms with Gasteiger partial charge in [0, 0.05) is 37.4 Å². The molecule has 2 saturated heterocycles. The van der Waals surface area contributed by atoms with Gasteiger partial charge in [0.15, 0.2) is 0 Å². The number of benzene rings is 1. The summed E-state index contributed by atoms with van der Waals surface area (Å²) in [6.07, 6.45) is 2.69. The third kappa shape index (κ3) is 2.50. The lowest BCUT2D eigenvalue weighted by Gasteiger charge is -2.39. The Kier molecular flexibility index (Phi) is 3.51. The third-order valence-electron chi connectivity index (χ3n) is 4.25. The molecule has 0 aromatic heterocycles. The fraction of sp³-hybridized carbons (Fsp3) is 0.600. The maximum Gasteiger partial charge on any atom is 0.144 e. The first-order chi connectivity index (χ1) is 9.28. The number of ether oxygens (including phenoxy) is 1. The molecule has 19 heavy (non-hydrogen) atoms. The van der Waals surface area contributed by atoms with E-state index in [0.29, 0.717) is 6.61 Å². The van der Waals surface area contributed by atoms with Crippen LogP contribution < -0.4 is 15.4 Å². The van der Waals surface area contributed by atoms with Gasteiger partial charge in [-0.1, -0.05) is 0 Å². The summed E-state index contributed by atoms with van der Waals surface area (Å²) in [6, 6.07) is 6.90. The minimum Gasteiger partial charge on any atom is -0.492 e. The van der Waals surface area contributed by atoms with Gasteiger partial charge in [0.2, 0.25) is 0 Å². The van der Waals surface area contributed by atoms with Gasteiger partial charge in [-0.25, -0.2) is 0 Å². The highest BCUT2D eigenvalue weighted by molar-refractivity contribution is 5.62. The number of nitrogens with two attached hydrogens (primary N) is 1. The van der Waals surface area contributed by atoms with Gasteiger partial charge in [-0.3, -0.25) is 4.90 Å². The summed E-state index contributed by atoms with van der Waals surface area (Å²) in [6.45, 7) is 7.35. The molecule has 2 aliphatic heterocycles. The molecule has 1 aromatic carbocycles. The van der Waals surface area contributed by atoms with E-state index in [9.17, 15) is 0 Å². The van der Waals surface area contributed by atoms with Crippen LogP contribution in [0.2, 0.25) is 0 Å². The SMILES string of the molecule is CCOc1cc(N2CCN3CCC[C@@H]3C2)ccc1N. The third-order valence-corrected chi connectivity index (χ3v) is 4.25. The van der Waals surface area contributed by atoms with Gasteiger partial charge in [-0.05, 0) is 38.4 Å². The molecule has 0 saturated carbocycles. The predicted molar refractivity (Wildman–Crippen MR) is 78.8 cm³/mol.